The van der Waals surface area contributed by atoms with E-state index in [4.69, 9.17) is 0 Å². The van der Waals surface area contributed by atoms with E-state index in [-0.39, 0.29) is 47.5 Å². The Balaban J connectivity index is 0.00000144. The van der Waals surface area contributed by atoms with E-state index in [1.807, 2.05) is 0 Å². The normalized spacial score (nSPS) is 8.69. The van der Waals surface area contributed by atoms with Crippen molar-refractivity contribution in [2.24, 2.45) is 0 Å². The van der Waals surface area contributed by atoms with Gasteiger partial charge in [0, 0.05) is 47.5 Å². The van der Waals surface area contributed by atoms with E-state index in [2.05, 4.69) is 4.98 Å². The summed E-state index contributed by atoms with van der Waals surface area (Å²) in [6, 6.07) is 3.20. The van der Waals surface area contributed by atoms with Crippen LogP contribution in [0.1, 0.15) is 23.7 Å². The standard InChI is InChI=1S/C9H9NO2.Na/c1-7(11)6-9(12)8-2-4-10-5-3-8;/h2-5H,6H2,1H3;. The van der Waals surface area contributed by atoms with Gasteiger partial charge < -0.3 is 0 Å². The molecule has 1 rings (SSSR count). The topological polar surface area (TPSA) is 47.0 Å². The number of nitrogens with zero attached hydrogens (tertiary/aromatic N) is 1. The first-order chi connectivity index (χ1) is 5.70. The van der Waals surface area contributed by atoms with Gasteiger partial charge in [-0.05, 0) is 19.1 Å². The van der Waals surface area contributed by atoms with Crippen molar-refractivity contribution in [3.63, 3.8) is 0 Å². The van der Waals surface area contributed by atoms with Gasteiger partial charge in [0.25, 0.3) is 0 Å². The molecule has 0 saturated heterocycles. The summed E-state index contributed by atoms with van der Waals surface area (Å²) in [5.41, 5.74) is 0.542. The molecule has 0 aliphatic heterocycles. The van der Waals surface area contributed by atoms with E-state index >= 15 is 0 Å². The summed E-state index contributed by atoms with van der Waals surface area (Å²) in [4.78, 5) is 25.6. The van der Waals surface area contributed by atoms with Crippen LogP contribution in [0.4, 0.5) is 0 Å². The number of Topliss-reactive ketones (excluding diaryl/α,β-unsaturated/α-hetero) is 2. The third-order valence-corrected chi connectivity index (χ3v) is 1.41. The average molecular weight is 186 g/mol. The van der Waals surface area contributed by atoms with Crippen molar-refractivity contribution in [2.45, 2.75) is 13.3 Å². The van der Waals surface area contributed by atoms with Crippen molar-refractivity contribution in [1.29, 1.82) is 0 Å². The fourth-order valence-electron chi connectivity index (χ4n) is 0.866. The summed E-state index contributed by atoms with van der Waals surface area (Å²) < 4.78 is 0. The van der Waals surface area contributed by atoms with Gasteiger partial charge in [-0.2, -0.15) is 0 Å². The molecule has 0 aliphatic carbocycles. The number of ketones is 2. The first-order valence-corrected chi connectivity index (χ1v) is 3.63. The molecule has 1 heterocycles. The van der Waals surface area contributed by atoms with Crippen LogP contribution in [-0.2, 0) is 4.79 Å². The Morgan fingerprint density at radius 3 is 2.31 bits per heavy atom. The van der Waals surface area contributed by atoms with Crippen molar-refractivity contribution in [2.75, 3.05) is 0 Å². The SMILES string of the molecule is CC(=O)CC(=O)c1ccncc1.[Na]. The van der Waals surface area contributed by atoms with Crippen LogP contribution < -0.4 is 0 Å². The maximum Gasteiger partial charge on any atom is 0.170 e. The number of carbonyl (C=O) groups is 2. The van der Waals surface area contributed by atoms with E-state index in [0.717, 1.165) is 0 Å². The number of rotatable bonds is 3. The minimum atomic E-state index is -0.148. The minimum Gasteiger partial charge on any atom is -0.300 e. The van der Waals surface area contributed by atoms with E-state index in [1.54, 1.807) is 12.1 Å². The molecule has 13 heavy (non-hydrogen) atoms. The van der Waals surface area contributed by atoms with Crippen molar-refractivity contribution >= 4 is 41.1 Å². The molecule has 0 aliphatic rings. The molecule has 4 heteroatoms. The molecule has 0 aromatic carbocycles. The van der Waals surface area contributed by atoms with E-state index in [0.29, 0.717) is 5.56 Å². The molecule has 0 fully saturated rings. The largest absolute Gasteiger partial charge is 0.300 e. The molecule has 1 aromatic heterocycles. The molecule has 1 aromatic rings. The number of carbonyl (C=O) groups excluding carboxylic acids is 2. The van der Waals surface area contributed by atoms with E-state index < -0.39 is 0 Å². The zero-order valence-corrected chi connectivity index (χ0v) is 9.78. The van der Waals surface area contributed by atoms with Crippen LogP contribution in [0.3, 0.4) is 0 Å². The number of pyridine rings is 1. The van der Waals surface area contributed by atoms with Crippen molar-refractivity contribution in [3.05, 3.63) is 30.1 Å². The Bertz CT molecular complexity index is 298. The number of aromatic nitrogens is 1. The fraction of sp³-hybridized carbons (Fsp3) is 0.222. The zero-order valence-electron chi connectivity index (χ0n) is 7.78. The van der Waals surface area contributed by atoms with Gasteiger partial charge in [0.05, 0.1) is 6.42 Å². The van der Waals surface area contributed by atoms with Crippen LogP contribution in [0.5, 0.6) is 0 Å². The second kappa shape index (κ2) is 6.02. The van der Waals surface area contributed by atoms with Gasteiger partial charge in [-0.25, -0.2) is 0 Å². The Hall–Kier alpha value is -0.510. The molecule has 0 amide bonds. The Labute approximate surface area is 98.8 Å². The summed E-state index contributed by atoms with van der Waals surface area (Å²) in [7, 11) is 0. The molecule has 1 radical (unpaired) electrons. The van der Waals surface area contributed by atoms with Gasteiger partial charge in [-0.1, -0.05) is 0 Å². The average Bonchev–Trinajstić information content (AvgIpc) is 2.05. The molecule has 63 valence electrons. The zero-order chi connectivity index (χ0) is 8.97. The van der Waals surface area contributed by atoms with Crippen molar-refractivity contribution in [1.82, 2.24) is 4.98 Å². The van der Waals surface area contributed by atoms with Crippen LogP contribution >= 0.6 is 0 Å². The molecule has 3 nitrogen and oxygen atoms in total. The molecular formula is C9H9NNaO2. The van der Waals surface area contributed by atoms with E-state index in [9.17, 15) is 9.59 Å². The molecule has 0 saturated carbocycles. The quantitative estimate of drug-likeness (QED) is 0.399. The smallest absolute Gasteiger partial charge is 0.170 e. The summed E-state index contributed by atoms with van der Waals surface area (Å²) in [6.45, 7) is 1.40. The molecule has 0 spiro atoms. The fourth-order valence-corrected chi connectivity index (χ4v) is 0.866. The molecule has 0 unspecified atom stereocenters. The first kappa shape index (κ1) is 12.5. The van der Waals surface area contributed by atoms with Crippen molar-refractivity contribution < 1.29 is 9.59 Å². The van der Waals surface area contributed by atoms with Crippen molar-refractivity contribution in [3.8, 4) is 0 Å². The third kappa shape index (κ3) is 4.31. The Morgan fingerprint density at radius 2 is 1.85 bits per heavy atom. The van der Waals surface area contributed by atoms with E-state index in [1.165, 1.54) is 19.3 Å². The van der Waals surface area contributed by atoms with Gasteiger partial charge in [-0.3, -0.25) is 14.6 Å². The van der Waals surface area contributed by atoms with Gasteiger partial charge in [-0.15, -0.1) is 0 Å². The second-order valence-electron chi connectivity index (χ2n) is 2.54. The number of hydrogen-bond acceptors (Lipinski definition) is 3. The predicted molar refractivity (Wildman–Crippen MR) is 49.6 cm³/mol. The Kier molecular flexibility index (Phi) is 5.79. The maximum absolute atomic E-state index is 11.2. The van der Waals surface area contributed by atoms with Gasteiger partial charge in [0.15, 0.2) is 5.78 Å². The van der Waals surface area contributed by atoms with Crippen LogP contribution in [0.2, 0.25) is 0 Å². The van der Waals surface area contributed by atoms with Crippen LogP contribution in [-0.4, -0.2) is 46.1 Å². The Morgan fingerprint density at radius 1 is 1.31 bits per heavy atom. The number of hydrogen-bond donors (Lipinski definition) is 0. The monoisotopic (exact) mass is 186 g/mol. The second-order valence-corrected chi connectivity index (χ2v) is 2.54. The van der Waals surface area contributed by atoms with Crippen LogP contribution in [0.15, 0.2) is 24.5 Å². The molecule has 0 bridgehead atoms. The minimum absolute atomic E-state index is 0. The maximum atomic E-state index is 11.2. The summed E-state index contributed by atoms with van der Waals surface area (Å²) >= 11 is 0. The molecule has 0 atom stereocenters. The summed E-state index contributed by atoms with van der Waals surface area (Å²) in [5, 5.41) is 0. The predicted octanol–water partition coefficient (Wildman–Crippen LogP) is 0.863. The van der Waals surface area contributed by atoms with Gasteiger partial charge in [0.2, 0.25) is 0 Å². The molecule has 0 N–H and O–H groups in total. The summed E-state index contributed by atoms with van der Waals surface area (Å²) in [6.07, 6.45) is 3.05. The third-order valence-electron chi connectivity index (χ3n) is 1.41. The first-order valence-electron chi connectivity index (χ1n) is 3.63. The molecular weight excluding hydrogens is 177 g/mol. The van der Waals surface area contributed by atoms with Gasteiger partial charge >= 0.3 is 0 Å². The van der Waals surface area contributed by atoms with Crippen LogP contribution in [0.25, 0.3) is 0 Å². The van der Waals surface area contributed by atoms with Gasteiger partial charge in [0.1, 0.15) is 5.78 Å². The van der Waals surface area contributed by atoms with Crippen LogP contribution in [0, 0.1) is 0 Å². The summed E-state index contributed by atoms with van der Waals surface area (Å²) in [5.74, 6) is -0.262.